The van der Waals surface area contributed by atoms with E-state index in [4.69, 9.17) is 0 Å². The number of alkyl halides is 1. The summed E-state index contributed by atoms with van der Waals surface area (Å²) in [5.41, 5.74) is 0. The molecule has 0 aliphatic carbocycles. The molecule has 0 aromatic carbocycles. The normalized spacial score (nSPS) is 19.6. The van der Waals surface area contributed by atoms with Gasteiger partial charge < -0.3 is 0 Å². The molecule has 0 N–H and O–H groups in total. The fraction of sp³-hybridized carbons (Fsp3) is 1.00. The standard InChI is InChI=1S/C6H14F3P/c1-6(4-7)5-10(2,3,8)9/h6H,4-5H2,1-3H3. The Morgan fingerprint density at radius 1 is 1.30 bits per heavy atom. The first-order valence-electron chi connectivity index (χ1n) is 3.21. The predicted molar refractivity (Wildman–Crippen MR) is 41.0 cm³/mol. The topological polar surface area (TPSA) is 0 Å². The van der Waals surface area contributed by atoms with Crippen LogP contribution in [0.15, 0.2) is 0 Å². The van der Waals surface area contributed by atoms with Crippen LogP contribution < -0.4 is 0 Å². The Balaban J connectivity index is 3.90. The first kappa shape index (κ1) is 10.2. The maximum atomic E-state index is 12.8. The molecule has 1 unspecified atom stereocenters. The molecule has 0 bridgehead atoms. The van der Waals surface area contributed by atoms with E-state index < -0.39 is 19.8 Å². The predicted octanol–water partition coefficient (Wildman–Crippen LogP) is 3.17. The molecule has 0 heterocycles. The minimum absolute atomic E-state index is 0.262. The van der Waals surface area contributed by atoms with E-state index in [1.165, 1.54) is 6.92 Å². The van der Waals surface area contributed by atoms with E-state index in [-0.39, 0.29) is 6.16 Å². The molecule has 0 saturated heterocycles. The second-order valence-corrected chi connectivity index (χ2v) is 7.98. The third-order valence-electron chi connectivity index (χ3n) is 1.08. The summed E-state index contributed by atoms with van der Waals surface area (Å²) >= 11 is 0. The summed E-state index contributed by atoms with van der Waals surface area (Å²) in [7, 11) is -4.43. The van der Waals surface area contributed by atoms with Gasteiger partial charge in [-0.1, -0.05) is 0 Å². The fourth-order valence-electron chi connectivity index (χ4n) is 0.908. The van der Waals surface area contributed by atoms with Gasteiger partial charge in [-0.15, -0.1) is 0 Å². The molecule has 10 heavy (non-hydrogen) atoms. The number of hydrogen-bond acceptors (Lipinski definition) is 0. The summed E-state index contributed by atoms with van der Waals surface area (Å²) in [5, 5.41) is 0. The van der Waals surface area contributed by atoms with Gasteiger partial charge in [0.05, 0.1) is 0 Å². The van der Waals surface area contributed by atoms with Crippen LogP contribution in [0.5, 0.6) is 0 Å². The third kappa shape index (κ3) is 6.34. The molecule has 0 fully saturated rings. The molecule has 0 amide bonds. The minimum atomic E-state index is -4.43. The van der Waals surface area contributed by atoms with Crippen molar-refractivity contribution < 1.29 is 12.8 Å². The number of halogens is 3. The van der Waals surface area contributed by atoms with Gasteiger partial charge in [-0.3, -0.25) is 0 Å². The van der Waals surface area contributed by atoms with E-state index in [2.05, 4.69) is 0 Å². The van der Waals surface area contributed by atoms with Crippen LogP contribution in [-0.2, 0) is 0 Å². The second kappa shape index (κ2) is 2.69. The van der Waals surface area contributed by atoms with Crippen molar-refractivity contribution in [3.63, 3.8) is 0 Å². The van der Waals surface area contributed by atoms with Gasteiger partial charge in [0.15, 0.2) is 0 Å². The van der Waals surface area contributed by atoms with Crippen molar-refractivity contribution in [2.45, 2.75) is 6.92 Å². The summed E-state index contributed by atoms with van der Waals surface area (Å²) in [5.74, 6) is -0.498. The van der Waals surface area contributed by atoms with E-state index >= 15 is 0 Å². The van der Waals surface area contributed by atoms with Gasteiger partial charge in [0, 0.05) is 0 Å². The van der Waals surface area contributed by atoms with Crippen LogP contribution in [0.1, 0.15) is 6.92 Å². The summed E-state index contributed by atoms with van der Waals surface area (Å²) in [6.07, 6.45) is -0.262. The van der Waals surface area contributed by atoms with Crippen LogP contribution >= 0.6 is 7.22 Å². The molecule has 0 aliphatic heterocycles. The molecule has 0 aromatic rings. The molecule has 1 atom stereocenters. The van der Waals surface area contributed by atoms with Gasteiger partial charge in [-0.05, 0) is 0 Å². The molecule has 0 aromatic heterocycles. The molecular weight excluding hydrogens is 160 g/mol. The zero-order valence-electron chi connectivity index (χ0n) is 6.57. The Bertz CT molecular complexity index is 107. The van der Waals surface area contributed by atoms with Crippen molar-refractivity contribution in [2.75, 3.05) is 26.2 Å². The van der Waals surface area contributed by atoms with Crippen LogP contribution in [0.25, 0.3) is 0 Å². The fourth-order valence-corrected chi connectivity index (χ4v) is 2.72. The van der Waals surface area contributed by atoms with Gasteiger partial charge in [0.2, 0.25) is 0 Å². The molecule has 0 rings (SSSR count). The quantitative estimate of drug-likeness (QED) is 0.576. The Hall–Kier alpha value is 0.220. The van der Waals surface area contributed by atoms with E-state index in [0.717, 1.165) is 13.3 Å². The van der Waals surface area contributed by atoms with Crippen LogP contribution in [0.2, 0.25) is 0 Å². The summed E-state index contributed by atoms with van der Waals surface area (Å²) in [6.45, 7) is 2.77. The van der Waals surface area contributed by atoms with Crippen molar-refractivity contribution in [3.8, 4) is 0 Å². The maximum absolute atomic E-state index is 12.8. The zero-order valence-corrected chi connectivity index (χ0v) is 7.47. The average Bonchev–Trinajstić information content (AvgIpc) is 1.59. The first-order chi connectivity index (χ1) is 4.21. The van der Waals surface area contributed by atoms with Gasteiger partial charge in [-0.25, -0.2) is 0 Å². The second-order valence-electron chi connectivity index (χ2n) is 3.50. The average molecular weight is 174 g/mol. The Kier molecular flexibility index (Phi) is 2.75. The molecule has 64 valence electrons. The van der Waals surface area contributed by atoms with Gasteiger partial charge >= 0.3 is 59.0 Å². The van der Waals surface area contributed by atoms with Gasteiger partial charge in [0.25, 0.3) is 0 Å². The number of hydrogen-bond donors (Lipinski definition) is 0. The van der Waals surface area contributed by atoms with Gasteiger partial charge in [0.1, 0.15) is 0 Å². The summed E-state index contributed by atoms with van der Waals surface area (Å²) in [4.78, 5) is 0. The van der Waals surface area contributed by atoms with E-state index in [0.29, 0.717) is 0 Å². The number of rotatable bonds is 3. The van der Waals surface area contributed by atoms with E-state index in [9.17, 15) is 12.8 Å². The molecular formula is C6H14F3P. The van der Waals surface area contributed by atoms with Crippen molar-refractivity contribution in [3.05, 3.63) is 0 Å². The first-order valence-corrected chi connectivity index (χ1v) is 6.31. The SMILES string of the molecule is CC(CF)CP(C)(C)(F)F. The van der Waals surface area contributed by atoms with Crippen molar-refractivity contribution in [1.82, 2.24) is 0 Å². The molecule has 0 radical (unpaired) electrons. The molecule has 0 saturated carbocycles. The molecule has 0 aliphatic rings. The molecule has 0 nitrogen and oxygen atoms in total. The van der Waals surface area contributed by atoms with Crippen molar-refractivity contribution in [1.29, 1.82) is 0 Å². The van der Waals surface area contributed by atoms with Crippen LogP contribution in [-0.4, -0.2) is 26.2 Å². The Morgan fingerprint density at radius 3 is 1.80 bits per heavy atom. The Labute approximate surface area is 60.0 Å². The third-order valence-corrected chi connectivity index (χ3v) is 2.71. The van der Waals surface area contributed by atoms with Gasteiger partial charge in [-0.2, -0.15) is 0 Å². The van der Waals surface area contributed by atoms with E-state index in [1.807, 2.05) is 0 Å². The van der Waals surface area contributed by atoms with Crippen molar-refractivity contribution >= 4 is 7.22 Å². The molecule has 4 heteroatoms. The van der Waals surface area contributed by atoms with Crippen LogP contribution in [0.4, 0.5) is 12.8 Å². The Morgan fingerprint density at radius 2 is 1.70 bits per heavy atom. The van der Waals surface area contributed by atoms with Crippen LogP contribution in [0.3, 0.4) is 0 Å². The molecule has 0 spiro atoms. The van der Waals surface area contributed by atoms with E-state index in [1.54, 1.807) is 0 Å². The summed E-state index contributed by atoms with van der Waals surface area (Å²) in [6, 6.07) is 0. The zero-order chi connectivity index (χ0) is 8.44. The summed E-state index contributed by atoms with van der Waals surface area (Å²) < 4.78 is 37.4. The monoisotopic (exact) mass is 174 g/mol. The van der Waals surface area contributed by atoms with Crippen molar-refractivity contribution in [2.24, 2.45) is 5.92 Å². The van der Waals surface area contributed by atoms with Crippen LogP contribution in [0, 0.1) is 5.92 Å².